The zero-order valence-electron chi connectivity index (χ0n) is 11.0. The summed E-state index contributed by atoms with van der Waals surface area (Å²) in [5.74, 6) is -2.74. The zero-order chi connectivity index (χ0) is 16.5. The van der Waals surface area contributed by atoms with Crippen LogP contribution >= 0.6 is 11.6 Å². The summed E-state index contributed by atoms with van der Waals surface area (Å²) in [7, 11) is -7.39. The van der Waals surface area contributed by atoms with Gasteiger partial charge < -0.3 is 0 Å². The average molecular weight is 371 g/mol. The fraction of sp³-hybridized carbons (Fsp3) is 0.364. The largest absolute Gasteiger partial charge is 0.277 e. The Morgan fingerprint density at radius 1 is 1.36 bits per heavy atom. The first-order valence-corrected chi connectivity index (χ1v) is 9.76. The van der Waals surface area contributed by atoms with Gasteiger partial charge >= 0.3 is 0 Å². The minimum atomic E-state index is -4.14. The number of hydrogen-bond acceptors (Lipinski definition) is 5. The molecule has 122 valence electrons. The molecule has 0 spiro atoms. The lowest BCUT2D eigenvalue weighted by atomic mass is 10.1. The van der Waals surface area contributed by atoms with Crippen LogP contribution in [0.15, 0.2) is 23.1 Å². The predicted molar refractivity (Wildman–Crippen MR) is 76.6 cm³/mol. The molecule has 0 unspecified atom stereocenters. The van der Waals surface area contributed by atoms with Crippen LogP contribution in [0.4, 0.5) is 4.39 Å². The van der Waals surface area contributed by atoms with Crippen LogP contribution in [0, 0.1) is 11.7 Å². The molecule has 1 atom stereocenters. The Balaban J connectivity index is 2.04. The van der Waals surface area contributed by atoms with Gasteiger partial charge in [-0.15, -0.1) is 4.83 Å². The van der Waals surface area contributed by atoms with Gasteiger partial charge in [-0.3, -0.25) is 10.2 Å². The first-order valence-electron chi connectivity index (χ1n) is 6.08. The van der Waals surface area contributed by atoms with E-state index in [0.717, 1.165) is 18.2 Å². The molecule has 2 N–H and O–H groups in total. The van der Waals surface area contributed by atoms with Crippen LogP contribution in [0.5, 0.6) is 0 Å². The van der Waals surface area contributed by atoms with Crippen LogP contribution in [-0.4, -0.2) is 34.2 Å². The molecule has 1 heterocycles. The maximum absolute atomic E-state index is 13.0. The molecule has 2 rings (SSSR count). The Morgan fingerprint density at radius 2 is 2.05 bits per heavy atom. The summed E-state index contributed by atoms with van der Waals surface area (Å²) in [4.78, 5) is 13.2. The Kier molecular flexibility index (Phi) is 4.76. The third-order valence-corrected chi connectivity index (χ3v) is 6.42. The Hall–Kier alpha value is -1.23. The van der Waals surface area contributed by atoms with Crippen molar-refractivity contribution in [2.24, 2.45) is 5.92 Å². The lowest BCUT2D eigenvalue weighted by Crippen LogP contribution is -2.44. The highest BCUT2D eigenvalue weighted by Gasteiger charge is 2.33. The van der Waals surface area contributed by atoms with Crippen LogP contribution in [0.2, 0.25) is 5.02 Å². The number of amides is 1. The quantitative estimate of drug-likeness (QED) is 0.737. The first-order chi connectivity index (χ1) is 10.1. The van der Waals surface area contributed by atoms with Gasteiger partial charge in [-0.05, 0) is 24.6 Å². The van der Waals surface area contributed by atoms with E-state index in [1.807, 2.05) is 10.3 Å². The smallest absolute Gasteiger partial charge is 0.257 e. The maximum atomic E-state index is 13.0. The van der Waals surface area contributed by atoms with E-state index in [-0.39, 0.29) is 27.8 Å². The number of carbonyl (C=O) groups excluding carboxylic acids is 1. The van der Waals surface area contributed by atoms with Gasteiger partial charge in [0.05, 0.1) is 27.3 Å². The van der Waals surface area contributed by atoms with Crippen LogP contribution in [0.25, 0.3) is 0 Å². The zero-order valence-corrected chi connectivity index (χ0v) is 13.4. The molecule has 0 bridgehead atoms. The highest BCUT2D eigenvalue weighted by molar-refractivity contribution is 7.91. The normalized spacial score (nSPS) is 20.7. The van der Waals surface area contributed by atoms with Crippen LogP contribution in [0.1, 0.15) is 6.42 Å². The maximum Gasteiger partial charge on any atom is 0.257 e. The lowest BCUT2D eigenvalue weighted by molar-refractivity contribution is -0.124. The van der Waals surface area contributed by atoms with Crippen LogP contribution < -0.4 is 10.3 Å². The highest BCUT2D eigenvalue weighted by atomic mass is 35.5. The van der Waals surface area contributed by atoms with Gasteiger partial charge in [0.1, 0.15) is 5.82 Å². The topological polar surface area (TPSA) is 109 Å². The SMILES string of the molecule is O=C(NNS(=O)(=O)c1ccc(F)c(Cl)c1)[C@@H]1CCS(=O)(=O)C1. The van der Waals surface area contributed by atoms with E-state index in [9.17, 15) is 26.0 Å². The summed E-state index contributed by atoms with van der Waals surface area (Å²) in [6, 6.07) is 2.75. The predicted octanol–water partition coefficient (Wildman–Crippen LogP) is 0.223. The molecule has 1 aromatic rings. The second kappa shape index (κ2) is 6.11. The van der Waals surface area contributed by atoms with Crippen molar-refractivity contribution in [1.82, 2.24) is 10.3 Å². The Labute approximate surface area is 131 Å². The number of hydrogen-bond donors (Lipinski definition) is 2. The van der Waals surface area contributed by atoms with Crippen molar-refractivity contribution < 1.29 is 26.0 Å². The average Bonchev–Trinajstić information content (AvgIpc) is 2.79. The highest BCUT2D eigenvalue weighted by Crippen LogP contribution is 2.20. The number of rotatable bonds is 4. The summed E-state index contributed by atoms with van der Waals surface area (Å²) in [5.41, 5.74) is 1.96. The van der Waals surface area contributed by atoms with E-state index < -0.39 is 37.5 Å². The summed E-state index contributed by atoms with van der Waals surface area (Å²) < 4.78 is 59.4. The molecule has 11 heteroatoms. The number of carbonyl (C=O) groups is 1. The molecule has 7 nitrogen and oxygen atoms in total. The van der Waals surface area contributed by atoms with E-state index in [1.54, 1.807) is 0 Å². The van der Waals surface area contributed by atoms with Gasteiger partial charge in [-0.1, -0.05) is 11.6 Å². The summed E-state index contributed by atoms with van der Waals surface area (Å²) in [5, 5.41) is -0.379. The van der Waals surface area contributed by atoms with Gasteiger partial charge in [-0.2, -0.15) is 0 Å². The Morgan fingerprint density at radius 3 is 2.59 bits per heavy atom. The second-order valence-corrected chi connectivity index (χ2v) is 9.09. The molecule has 0 aromatic heterocycles. The number of sulfonamides is 1. The van der Waals surface area contributed by atoms with Crippen molar-refractivity contribution in [2.75, 3.05) is 11.5 Å². The number of hydrazine groups is 1. The van der Waals surface area contributed by atoms with Gasteiger partial charge in [0.25, 0.3) is 10.0 Å². The van der Waals surface area contributed by atoms with E-state index >= 15 is 0 Å². The van der Waals surface area contributed by atoms with Crippen LogP contribution in [0.3, 0.4) is 0 Å². The molecule has 0 aliphatic carbocycles. The van der Waals surface area contributed by atoms with E-state index in [1.165, 1.54) is 0 Å². The number of benzene rings is 1. The molecule has 0 saturated carbocycles. The van der Waals surface area contributed by atoms with Crippen molar-refractivity contribution >= 4 is 37.4 Å². The second-order valence-electron chi connectivity index (χ2n) is 4.77. The third kappa shape index (κ3) is 3.94. The Bertz CT molecular complexity index is 810. The van der Waals surface area contributed by atoms with Crippen molar-refractivity contribution in [1.29, 1.82) is 0 Å². The molecular formula is C11H12ClFN2O5S2. The number of halogens is 2. The minimum absolute atomic E-state index is 0.106. The molecule has 1 aliphatic rings. The van der Waals surface area contributed by atoms with Crippen molar-refractivity contribution in [3.63, 3.8) is 0 Å². The van der Waals surface area contributed by atoms with Gasteiger partial charge in [0, 0.05) is 0 Å². The standard InChI is InChI=1S/C11H12ClFN2O5S2/c12-9-5-8(1-2-10(9)13)22(19,20)15-14-11(16)7-3-4-21(17,18)6-7/h1-2,5,7,15H,3-4,6H2,(H,14,16)/t7-/m1/s1. The molecule has 0 radical (unpaired) electrons. The van der Waals surface area contributed by atoms with Crippen molar-refractivity contribution in [3.8, 4) is 0 Å². The monoisotopic (exact) mass is 370 g/mol. The molecular weight excluding hydrogens is 359 g/mol. The van der Waals surface area contributed by atoms with Crippen molar-refractivity contribution in [2.45, 2.75) is 11.3 Å². The third-order valence-electron chi connectivity index (χ3n) is 3.11. The molecule has 1 fully saturated rings. The van der Waals surface area contributed by atoms with E-state index in [2.05, 4.69) is 0 Å². The first kappa shape index (κ1) is 17.1. The van der Waals surface area contributed by atoms with E-state index in [0.29, 0.717) is 0 Å². The lowest BCUT2D eigenvalue weighted by Gasteiger charge is -2.11. The molecule has 1 aromatic carbocycles. The van der Waals surface area contributed by atoms with Gasteiger partial charge in [0.15, 0.2) is 9.84 Å². The van der Waals surface area contributed by atoms with Gasteiger partial charge in [0.2, 0.25) is 5.91 Å². The molecule has 1 aliphatic heterocycles. The summed E-state index contributed by atoms with van der Waals surface area (Å²) >= 11 is 5.50. The minimum Gasteiger partial charge on any atom is -0.277 e. The van der Waals surface area contributed by atoms with Crippen LogP contribution in [-0.2, 0) is 24.7 Å². The summed E-state index contributed by atoms with van der Waals surface area (Å²) in [6.45, 7) is 0. The number of nitrogens with one attached hydrogen (secondary N) is 2. The fourth-order valence-corrected chi connectivity index (χ4v) is 4.78. The van der Waals surface area contributed by atoms with Crippen molar-refractivity contribution in [3.05, 3.63) is 29.0 Å². The fourth-order valence-electron chi connectivity index (χ4n) is 1.92. The number of sulfone groups is 1. The molecule has 1 amide bonds. The molecule has 1 saturated heterocycles. The van der Waals surface area contributed by atoms with Gasteiger partial charge in [-0.25, -0.2) is 21.2 Å². The summed E-state index contributed by atoms with van der Waals surface area (Å²) in [6.07, 6.45) is 0.137. The van der Waals surface area contributed by atoms with E-state index in [4.69, 9.17) is 11.6 Å². The molecule has 22 heavy (non-hydrogen) atoms.